The van der Waals surface area contributed by atoms with Crippen molar-refractivity contribution < 1.29 is 9.53 Å². The van der Waals surface area contributed by atoms with Crippen LogP contribution in [0.25, 0.3) is 0 Å². The van der Waals surface area contributed by atoms with Crippen LogP contribution in [-0.2, 0) is 4.79 Å². The summed E-state index contributed by atoms with van der Waals surface area (Å²) in [5.41, 5.74) is 1.20. The molecular formula is C17H26N2O2S. The molecule has 0 aromatic heterocycles. The van der Waals surface area contributed by atoms with Crippen LogP contribution in [-0.4, -0.2) is 44.2 Å². The summed E-state index contributed by atoms with van der Waals surface area (Å²) in [6, 6.07) is 8.18. The summed E-state index contributed by atoms with van der Waals surface area (Å²) in [6.45, 7) is 4.95. The number of hydrogen-bond acceptors (Lipinski definition) is 4. The van der Waals surface area contributed by atoms with Crippen molar-refractivity contribution >= 4 is 23.4 Å². The lowest BCUT2D eigenvalue weighted by Crippen LogP contribution is -2.31. The molecule has 0 aliphatic carbocycles. The lowest BCUT2D eigenvalue weighted by molar-refractivity contribution is -0.120. The molecule has 0 saturated carbocycles. The van der Waals surface area contributed by atoms with Gasteiger partial charge in [0.2, 0.25) is 5.91 Å². The van der Waals surface area contributed by atoms with E-state index in [9.17, 15) is 4.79 Å². The highest BCUT2D eigenvalue weighted by atomic mass is 32.2. The molecule has 1 atom stereocenters. The number of carbonyl (C=O) groups excluding carboxylic acids is 1. The van der Waals surface area contributed by atoms with E-state index < -0.39 is 0 Å². The Morgan fingerprint density at radius 1 is 1.50 bits per heavy atom. The summed E-state index contributed by atoms with van der Waals surface area (Å²) in [5.74, 6) is 3.60. The Morgan fingerprint density at radius 2 is 2.36 bits per heavy atom. The summed E-state index contributed by atoms with van der Waals surface area (Å²) >= 11 is 1.81. The van der Waals surface area contributed by atoms with Crippen LogP contribution >= 0.6 is 11.8 Å². The van der Waals surface area contributed by atoms with Crippen molar-refractivity contribution in [3.05, 3.63) is 24.3 Å². The first-order valence-electron chi connectivity index (χ1n) is 7.96. The van der Waals surface area contributed by atoms with E-state index >= 15 is 0 Å². The fourth-order valence-electron chi connectivity index (χ4n) is 2.70. The largest absolute Gasteiger partial charge is 0.497 e. The van der Waals surface area contributed by atoms with Crippen LogP contribution in [0.3, 0.4) is 0 Å². The third-order valence-corrected chi connectivity index (χ3v) is 4.87. The number of hydrogen-bond donors (Lipinski definition) is 1. The van der Waals surface area contributed by atoms with Crippen molar-refractivity contribution in [1.29, 1.82) is 0 Å². The SMILES string of the molecule is CCSCCC(=O)NC[C@H]1CCN(c2cccc(OC)c2)C1. The molecular weight excluding hydrogens is 296 g/mol. The van der Waals surface area contributed by atoms with Gasteiger partial charge in [-0.05, 0) is 30.2 Å². The number of thioether (sulfide) groups is 1. The molecule has 0 radical (unpaired) electrons. The summed E-state index contributed by atoms with van der Waals surface area (Å²) in [7, 11) is 1.69. The lowest BCUT2D eigenvalue weighted by atomic mass is 10.1. The molecule has 0 unspecified atom stereocenters. The van der Waals surface area contributed by atoms with Gasteiger partial charge in [-0.2, -0.15) is 11.8 Å². The van der Waals surface area contributed by atoms with Crippen molar-refractivity contribution in [1.82, 2.24) is 5.32 Å². The Morgan fingerprint density at radius 3 is 3.14 bits per heavy atom. The highest BCUT2D eigenvalue weighted by molar-refractivity contribution is 7.99. The van der Waals surface area contributed by atoms with Crippen LogP contribution in [0.15, 0.2) is 24.3 Å². The molecule has 1 amide bonds. The first-order valence-corrected chi connectivity index (χ1v) is 9.11. The highest BCUT2D eigenvalue weighted by Gasteiger charge is 2.23. The predicted octanol–water partition coefficient (Wildman–Crippen LogP) is 2.78. The van der Waals surface area contributed by atoms with E-state index in [4.69, 9.17) is 4.74 Å². The van der Waals surface area contributed by atoms with Crippen LogP contribution in [0.4, 0.5) is 5.69 Å². The highest BCUT2D eigenvalue weighted by Crippen LogP contribution is 2.26. The Bertz CT molecular complexity index is 481. The van der Waals surface area contributed by atoms with E-state index in [1.807, 2.05) is 23.9 Å². The van der Waals surface area contributed by atoms with Crippen molar-refractivity contribution in [2.24, 2.45) is 5.92 Å². The number of rotatable bonds is 8. The predicted molar refractivity (Wildman–Crippen MR) is 93.9 cm³/mol. The molecule has 1 saturated heterocycles. The fourth-order valence-corrected chi connectivity index (χ4v) is 3.32. The zero-order chi connectivity index (χ0) is 15.8. The molecule has 5 heteroatoms. The molecule has 1 aliphatic heterocycles. The Kier molecular flexibility index (Phi) is 6.90. The maximum absolute atomic E-state index is 11.8. The molecule has 0 bridgehead atoms. The Balaban J connectivity index is 1.74. The van der Waals surface area contributed by atoms with E-state index in [0.717, 1.165) is 43.3 Å². The number of ether oxygens (including phenoxy) is 1. The molecule has 1 N–H and O–H groups in total. The summed E-state index contributed by atoms with van der Waals surface area (Å²) in [6.07, 6.45) is 1.76. The first-order chi connectivity index (χ1) is 10.7. The van der Waals surface area contributed by atoms with Gasteiger partial charge in [0.05, 0.1) is 7.11 Å². The maximum atomic E-state index is 11.8. The van der Waals surface area contributed by atoms with Crippen LogP contribution in [0.1, 0.15) is 19.8 Å². The molecule has 1 aromatic rings. The molecule has 122 valence electrons. The van der Waals surface area contributed by atoms with Gasteiger partial charge in [0.15, 0.2) is 0 Å². The summed E-state index contributed by atoms with van der Waals surface area (Å²) in [4.78, 5) is 14.1. The van der Waals surface area contributed by atoms with E-state index in [2.05, 4.69) is 29.3 Å². The third kappa shape index (κ3) is 5.13. The minimum Gasteiger partial charge on any atom is -0.497 e. The minimum absolute atomic E-state index is 0.181. The fraction of sp³-hybridized carbons (Fsp3) is 0.588. The van der Waals surface area contributed by atoms with E-state index in [-0.39, 0.29) is 5.91 Å². The smallest absolute Gasteiger partial charge is 0.220 e. The van der Waals surface area contributed by atoms with Gasteiger partial charge < -0.3 is 15.0 Å². The number of benzene rings is 1. The molecule has 1 aliphatic rings. The first kappa shape index (κ1) is 17.0. The second-order valence-electron chi connectivity index (χ2n) is 5.55. The van der Waals surface area contributed by atoms with Crippen molar-refractivity contribution in [3.8, 4) is 5.75 Å². The second-order valence-corrected chi connectivity index (χ2v) is 6.95. The molecule has 22 heavy (non-hydrogen) atoms. The number of methoxy groups -OCH3 is 1. The molecule has 0 spiro atoms. The van der Waals surface area contributed by atoms with Crippen LogP contribution in [0, 0.1) is 5.92 Å². The van der Waals surface area contributed by atoms with Crippen molar-refractivity contribution in [3.63, 3.8) is 0 Å². The average molecular weight is 322 g/mol. The lowest BCUT2D eigenvalue weighted by Gasteiger charge is -2.19. The topological polar surface area (TPSA) is 41.6 Å². The Hall–Kier alpha value is -1.36. The van der Waals surface area contributed by atoms with Gasteiger partial charge in [-0.1, -0.05) is 13.0 Å². The van der Waals surface area contributed by atoms with Gasteiger partial charge in [0, 0.05) is 43.6 Å². The average Bonchev–Trinajstić information content (AvgIpc) is 3.02. The molecule has 1 fully saturated rings. The quantitative estimate of drug-likeness (QED) is 0.747. The number of amides is 1. The minimum atomic E-state index is 0.181. The molecule has 2 rings (SSSR count). The van der Waals surface area contributed by atoms with Crippen molar-refractivity contribution in [2.75, 3.05) is 43.1 Å². The maximum Gasteiger partial charge on any atom is 0.220 e. The van der Waals surface area contributed by atoms with Crippen LogP contribution in [0.5, 0.6) is 5.75 Å². The Labute approximate surface area is 137 Å². The number of nitrogens with zero attached hydrogens (tertiary/aromatic N) is 1. The molecule has 1 aromatic carbocycles. The van der Waals surface area contributed by atoms with Crippen LogP contribution in [0.2, 0.25) is 0 Å². The zero-order valence-corrected chi connectivity index (χ0v) is 14.3. The van der Waals surface area contributed by atoms with Gasteiger partial charge >= 0.3 is 0 Å². The zero-order valence-electron chi connectivity index (χ0n) is 13.5. The normalized spacial score (nSPS) is 17.5. The molecule has 4 nitrogen and oxygen atoms in total. The molecule has 1 heterocycles. The van der Waals surface area contributed by atoms with E-state index in [1.165, 1.54) is 5.69 Å². The summed E-state index contributed by atoms with van der Waals surface area (Å²) in [5, 5.41) is 3.07. The number of carbonyl (C=O) groups is 1. The monoisotopic (exact) mass is 322 g/mol. The number of anilines is 1. The third-order valence-electron chi connectivity index (χ3n) is 3.97. The number of nitrogens with one attached hydrogen (secondary N) is 1. The van der Waals surface area contributed by atoms with Gasteiger partial charge in [0.1, 0.15) is 5.75 Å². The van der Waals surface area contributed by atoms with Gasteiger partial charge in [-0.15, -0.1) is 0 Å². The van der Waals surface area contributed by atoms with Gasteiger partial charge in [-0.25, -0.2) is 0 Å². The van der Waals surface area contributed by atoms with E-state index in [1.54, 1.807) is 7.11 Å². The standard InChI is InChI=1S/C17H26N2O2S/c1-3-22-10-8-17(20)18-12-14-7-9-19(13-14)15-5-4-6-16(11-15)21-2/h4-6,11,14H,3,7-10,12-13H2,1-2H3,(H,18,20)/t14-/m1/s1. The second kappa shape index (κ2) is 8.93. The van der Waals surface area contributed by atoms with Gasteiger partial charge in [-0.3, -0.25) is 4.79 Å². The van der Waals surface area contributed by atoms with Gasteiger partial charge in [0.25, 0.3) is 0 Å². The van der Waals surface area contributed by atoms with E-state index in [0.29, 0.717) is 12.3 Å². The van der Waals surface area contributed by atoms with Crippen LogP contribution < -0.4 is 15.0 Å². The summed E-state index contributed by atoms with van der Waals surface area (Å²) < 4.78 is 5.28. The van der Waals surface area contributed by atoms with Crippen molar-refractivity contribution in [2.45, 2.75) is 19.8 Å².